The Hall–Kier alpha value is -2.59. The van der Waals surface area contributed by atoms with Gasteiger partial charge in [0, 0.05) is 13.0 Å². The Bertz CT molecular complexity index is 1340. The van der Waals surface area contributed by atoms with Gasteiger partial charge in [-0.3, -0.25) is 18.6 Å². The van der Waals surface area contributed by atoms with Gasteiger partial charge in [-0.1, -0.05) is 234 Å². The highest BCUT2D eigenvalue weighted by molar-refractivity contribution is 7.47. The highest BCUT2D eigenvalue weighted by atomic mass is 31.2. The van der Waals surface area contributed by atoms with Crippen LogP contribution in [0.25, 0.3) is 0 Å². The van der Waals surface area contributed by atoms with Crippen molar-refractivity contribution in [1.82, 2.24) is 0 Å². The van der Waals surface area contributed by atoms with Crippen LogP contribution in [0.1, 0.15) is 232 Å². The highest BCUT2D eigenvalue weighted by Gasteiger charge is 2.27. The summed E-state index contributed by atoms with van der Waals surface area (Å²) in [4.78, 5) is 33.7. The third-order valence-corrected chi connectivity index (χ3v) is 12.5. The fourth-order valence-corrected chi connectivity index (χ4v) is 8.15. The second kappa shape index (κ2) is 51.3. The molecule has 0 amide bonds. The molecule has 0 bridgehead atoms. The van der Waals surface area contributed by atoms with E-state index >= 15 is 0 Å². The molecule has 0 rings (SSSR count). The molecule has 0 heterocycles. The van der Waals surface area contributed by atoms with Crippen molar-refractivity contribution < 1.29 is 42.7 Å². The number of esters is 1. The molecule has 67 heavy (non-hydrogen) atoms. The zero-order valence-electron chi connectivity index (χ0n) is 42.7. The average Bonchev–Trinajstić information content (AvgIpc) is 3.31. The van der Waals surface area contributed by atoms with Crippen molar-refractivity contribution in [1.29, 1.82) is 0 Å². The van der Waals surface area contributed by atoms with Gasteiger partial charge in [0.2, 0.25) is 0 Å². The Balaban J connectivity index is 4.16. The van der Waals surface area contributed by atoms with Crippen LogP contribution < -0.4 is 5.73 Å². The molecular weight excluding hydrogens is 862 g/mol. The van der Waals surface area contributed by atoms with Gasteiger partial charge in [0.15, 0.2) is 0 Å². The van der Waals surface area contributed by atoms with Gasteiger partial charge in [0.05, 0.1) is 19.8 Å². The number of aliphatic carboxylic acids is 1. The SMILES string of the molecule is CC/C=C\C/C=C\C/C=C\C/C=C\C/C=C\C/C=C\CCCCCCCOCC(COP(=O)(O)OCC(N)C(=O)O)OC(=O)CCCCCCCCCCCCCCCCCCCCCCC. The van der Waals surface area contributed by atoms with Crippen LogP contribution in [0.15, 0.2) is 72.9 Å². The second-order valence-electron chi connectivity index (χ2n) is 18.0. The van der Waals surface area contributed by atoms with Gasteiger partial charge in [-0.25, -0.2) is 4.57 Å². The van der Waals surface area contributed by atoms with E-state index in [0.717, 1.165) is 89.9 Å². The molecule has 3 unspecified atom stereocenters. The molecule has 0 aliphatic heterocycles. The zero-order valence-corrected chi connectivity index (χ0v) is 43.6. The van der Waals surface area contributed by atoms with E-state index in [4.69, 9.17) is 29.4 Å². The highest BCUT2D eigenvalue weighted by Crippen LogP contribution is 2.43. The summed E-state index contributed by atoms with van der Waals surface area (Å²) in [6, 6.07) is -1.48. The first-order chi connectivity index (χ1) is 32.7. The van der Waals surface area contributed by atoms with Gasteiger partial charge in [0.1, 0.15) is 12.1 Å². The molecule has 10 nitrogen and oxygen atoms in total. The van der Waals surface area contributed by atoms with Crippen LogP contribution >= 0.6 is 7.82 Å². The topological polar surface area (TPSA) is 155 Å². The quantitative estimate of drug-likeness (QED) is 0.0232. The summed E-state index contributed by atoms with van der Waals surface area (Å²) in [6.45, 7) is 3.75. The minimum absolute atomic E-state index is 0.00235. The van der Waals surface area contributed by atoms with Crippen LogP contribution in [0.4, 0.5) is 0 Å². The van der Waals surface area contributed by atoms with E-state index in [1.807, 2.05) is 0 Å². The first-order valence-electron chi connectivity index (χ1n) is 27.0. The standard InChI is InChI=1S/C56H100NO9P/c1-3-5-7-9-11-13-15-17-19-21-23-25-26-27-29-31-33-35-37-39-41-43-45-47-49-63-50-53(51-64-67(61,62)65-52-54(57)56(59)60)66-55(58)48-46-44-42-40-38-36-34-32-30-28-24-22-20-18-16-14-12-10-8-6-4-2/h5,7,11,13,17,19,23,25,27,29,33,35,53-54H,3-4,6,8-10,12,14-16,18,20-22,24,26,28,30-32,34,36-52,57H2,1-2H3,(H,59,60)(H,61,62)/b7-5-,13-11-,19-17-,25-23-,29-27-,35-33-. The number of carbonyl (C=O) groups is 2. The minimum atomic E-state index is -4.63. The second-order valence-corrected chi connectivity index (χ2v) is 19.4. The molecule has 0 saturated carbocycles. The fourth-order valence-electron chi connectivity index (χ4n) is 7.37. The molecule has 0 fully saturated rings. The predicted octanol–water partition coefficient (Wildman–Crippen LogP) is 16.1. The maximum absolute atomic E-state index is 12.7. The molecule has 0 aromatic rings. The van der Waals surface area contributed by atoms with Gasteiger partial charge < -0.3 is 25.2 Å². The number of carboxylic acid groups (broad SMARTS) is 1. The molecule has 0 aliphatic carbocycles. The minimum Gasteiger partial charge on any atom is -0.480 e. The number of allylic oxidation sites excluding steroid dienone is 12. The number of ether oxygens (including phenoxy) is 2. The van der Waals surface area contributed by atoms with Gasteiger partial charge >= 0.3 is 19.8 Å². The van der Waals surface area contributed by atoms with E-state index in [0.29, 0.717) is 13.0 Å². The molecule has 4 N–H and O–H groups in total. The summed E-state index contributed by atoms with van der Waals surface area (Å²) in [7, 11) is -4.63. The number of carbonyl (C=O) groups excluding carboxylic acids is 1. The molecule has 0 saturated heterocycles. The summed E-state index contributed by atoms with van der Waals surface area (Å²) in [5.74, 6) is -1.78. The van der Waals surface area contributed by atoms with Gasteiger partial charge in [0.25, 0.3) is 0 Å². The molecule has 0 spiro atoms. The van der Waals surface area contributed by atoms with Crippen molar-refractivity contribution in [3.63, 3.8) is 0 Å². The van der Waals surface area contributed by atoms with Crippen LogP contribution in [-0.4, -0.2) is 60.5 Å². The number of nitrogens with two attached hydrogens (primary N) is 1. The first-order valence-corrected chi connectivity index (χ1v) is 28.5. The van der Waals surface area contributed by atoms with Crippen molar-refractivity contribution in [3.05, 3.63) is 72.9 Å². The van der Waals surface area contributed by atoms with E-state index in [2.05, 4.69) is 86.8 Å². The van der Waals surface area contributed by atoms with Crippen LogP contribution in [0.5, 0.6) is 0 Å². The van der Waals surface area contributed by atoms with Gasteiger partial charge in [-0.2, -0.15) is 0 Å². The number of rotatable bonds is 51. The van der Waals surface area contributed by atoms with E-state index in [1.165, 1.54) is 116 Å². The van der Waals surface area contributed by atoms with Gasteiger partial charge in [-0.15, -0.1) is 0 Å². The van der Waals surface area contributed by atoms with E-state index in [-0.39, 0.29) is 13.0 Å². The third kappa shape index (κ3) is 51.1. The fraction of sp³-hybridized carbons (Fsp3) is 0.750. The Labute approximate surface area is 410 Å². The predicted molar refractivity (Wildman–Crippen MR) is 281 cm³/mol. The average molecular weight is 962 g/mol. The Kier molecular flexibility index (Phi) is 49.3. The number of hydrogen-bond acceptors (Lipinski definition) is 8. The lowest BCUT2D eigenvalue weighted by molar-refractivity contribution is -0.154. The Morgan fingerprint density at radius 3 is 1.30 bits per heavy atom. The molecule has 3 atom stereocenters. The third-order valence-electron chi connectivity index (χ3n) is 11.5. The number of carboxylic acids is 1. The first kappa shape index (κ1) is 64.4. The lowest BCUT2D eigenvalue weighted by atomic mass is 10.0. The van der Waals surface area contributed by atoms with Crippen LogP contribution in [0.2, 0.25) is 0 Å². The van der Waals surface area contributed by atoms with Crippen molar-refractivity contribution >= 4 is 19.8 Å². The van der Waals surface area contributed by atoms with Gasteiger partial charge in [-0.05, 0) is 64.2 Å². The summed E-state index contributed by atoms with van der Waals surface area (Å²) in [5.41, 5.74) is 5.38. The maximum Gasteiger partial charge on any atom is 0.472 e. The molecule has 0 radical (unpaired) electrons. The molecule has 0 aromatic heterocycles. The van der Waals surface area contributed by atoms with Crippen molar-refractivity contribution in [3.8, 4) is 0 Å². The summed E-state index contributed by atoms with van der Waals surface area (Å²) in [6.07, 6.45) is 65.3. The molecule has 11 heteroatoms. The lowest BCUT2D eigenvalue weighted by Gasteiger charge is -2.20. The molecule has 0 aliphatic rings. The van der Waals surface area contributed by atoms with E-state index in [1.54, 1.807) is 0 Å². The Morgan fingerprint density at radius 1 is 0.493 bits per heavy atom. The molecular formula is C56H100NO9P. The number of phosphoric ester groups is 1. The summed E-state index contributed by atoms with van der Waals surface area (Å²) in [5, 5.41) is 8.94. The van der Waals surface area contributed by atoms with Crippen molar-refractivity contribution in [2.45, 2.75) is 244 Å². The number of hydrogen-bond donors (Lipinski definition) is 3. The molecule has 0 aromatic carbocycles. The normalized spacial score (nSPS) is 14.2. The van der Waals surface area contributed by atoms with Crippen LogP contribution in [0.3, 0.4) is 0 Å². The molecule has 388 valence electrons. The Morgan fingerprint density at radius 2 is 0.866 bits per heavy atom. The zero-order chi connectivity index (χ0) is 49.0. The van der Waals surface area contributed by atoms with Crippen LogP contribution in [0, 0.1) is 0 Å². The summed E-state index contributed by atoms with van der Waals surface area (Å²) < 4.78 is 33.5. The van der Waals surface area contributed by atoms with E-state index in [9.17, 15) is 19.0 Å². The maximum atomic E-state index is 12.7. The number of unbranched alkanes of at least 4 members (excludes halogenated alkanes) is 25. The van der Waals surface area contributed by atoms with Crippen LogP contribution in [-0.2, 0) is 32.7 Å². The summed E-state index contributed by atoms with van der Waals surface area (Å²) >= 11 is 0. The smallest absolute Gasteiger partial charge is 0.472 e. The van der Waals surface area contributed by atoms with Crippen molar-refractivity contribution in [2.24, 2.45) is 5.73 Å². The van der Waals surface area contributed by atoms with E-state index < -0.39 is 45.1 Å². The van der Waals surface area contributed by atoms with Crippen molar-refractivity contribution in [2.75, 3.05) is 26.4 Å². The largest absolute Gasteiger partial charge is 0.480 e. The monoisotopic (exact) mass is 962 g/mol. The lowest BCUT2D eigenvalue weighted by Crippen LogP contribution is -2.34. The number of phosphoric acid groups is 1.